The monoisotopic (exact) mass is 101 g/mol. The van der Waals surface area contributed by atoms with Crippen molar-refractivity contribution >= 4 is 0 Å². The van der Waals surface area contributed by atoms with Gasteiger partial charge in [0.15, 0.2) is 0 Å². The molecule has 1 saturated heterocycles. The quantitative estimate of drug-likeness (QED) is 0.440. The number of hydrogen-bond acceptors (Lipinski definition) is 2. The van der Waals surface area contributed by atoms with Gasteiger partial charge >= 0.3 is 0 Å². The van der Waals surface area contributed by atoms with Crippen molar-refractivity contribution < 1.29 is 5.11 Å². The standard InChI is InChI=1S/C5H11NO/c1-4-2-5(7)3-6-4/h4-7H,2-3H2,1H3/t4-,5-/m1/s1. The largest absolute Gasteiger partial charge is 0.392 e. The van der Waals surface area contributed by atoms with E-state index in [-0.39, 0.29) is 6.10 Å². The number of rotatable bonds is 0. The maximum Gasteiger partial charge on any atom is 0.0679 e. The van der Waals surface area contributed by atoms with Crippen LogP contribution < -0.4 is 5.32 Å². The Kier molecular flexibility index (Phi) is 1.30. The average molecular weight is 101 g/mol. The fourth-order valence-corrected chi connectivity index (χ4v) is 0.912. The Morgan fingerprint density at radius 1 is 1.71 bits per heavy atom. The molecular formula is C5H11NO. The molecule has 0 saturated carbocycles. The first-order valence-electron chi connectivity index (χ1n) is 2.70. The average Bonchev–Trinajstić information content (AvgIpc) is 1.87. The second-order valence-electron chi connectivity index (χ2n) is 2.20. The molecule has 2 atom stereocenters. The molecule has 0 bridgehead atoms. The van der Waals surface area contributed by atoms with Gasteiger partial charge in [0.2, 0.25) is 0 Å². The molecule has 1 fully saturated rings. The molecule has 0 aromatic carbocycles. The lowest BCUT2D eigenvalue weighted by molar-refractivity contribution is 0.194. The number of β-amino-alcohol motifs (C(OH)–C–C–N with tert-alkyl or cyclic N) is 1. The van der Waals surface area contributed by atoms with Crippen molar-refractivity contribution in [3.8, 4) is 0 Å². The van der Waals surface area contributed by atoms with Gasteiger partial charge in [0.1, 0.15) is 0 Å². The second kappa shape index (κ2) is 1.80. The lowest BCUT2D eigenvalue weighted by atomic mass is 10.2. The van der Waals surface area contributed by atoms with Crippen LogP contribution in [0.1, 0.15) is 13.3 Å². The van der Waals surface area contributed by atoms with Crippen LogP contribution in [0, 0.1) is 0 Å². The zero-order valence-corrected chi connectivity index (χ0v) is 4.52. The Balaban J connectivity index is 2.26. The predicted octanol–water partition coefficient (Wildman–Crippen LogP) is -0.271. The number of aliphatic hydroxyl groups is 1. The Hall–Kier alpha value is -0.0800. The Morgan fingerprint density at radius 2 is 2.43 bits per heavy atom. The predicted molar refractivity (Wildman–Crippen MR) is 28.1 cm³/mol. The highest BCUT2D eigenvalue weighted by Crippen LogP contribution is 2.03. The molecular weight excluding hydrogens is 90.1 g/mol. The van der Waals surface area contributed by atoms with E-state index in [1.807, 2.05) is 0 Å². The van der Waals surface area contributed by atoms with Gasteiger partial charge in [0, 0.05) is 12.6 Å². The van der Waals surface area contributed by atoms with Crippen molar-refractivity contribution in [2.45, 2.75) is 25.5 Å². The summed E-state index contributed by atoms with van der Waals surface area (Å²) < 4.78 is 0. The van der Waals surface area contributed by atoms with Crippen molar-refractivity contribution in [3.05, 3.63) is 0 Å². The van der Waals surface area contributed by atoms with E-state index in [1.54, 1.807) is 0 Å². The zero-order valence-electron chi connectivity index (χ0n) is 4.52. The van der Waals surface area contributed by atoms with E-state index < -0.39 is 0 Å². The molecule has 2 N–H and O–H groups in total. The molecule has 0 aliphatic carbocycles. The van der Waals surface area contributed by atoms with Crippen molar-refractivity contribution in [1.82, 2.24) is 5.32 Å². The van der Waals surface area contributed by atoms with Gasteiger partial charge in [0.05, 0.1) is 6.10 Å². The molecule has 2 nitrogen and oxygen atoms in total. The van der Waals surface area contributed by atoms with Crippen LogP contribution in [-0.4, -0.2) is 23.8 Å². The molecule has 0 radical (unpaired) electrons. The van der Waals surface area contributed by atoms with Crippen LogP contribution in [-0.2, 0) is 0 Å². The molecule has 7 heavy (non-hydrogen) atoms. The van der Waals surface area contributed by atoms with Gasteiger partial charge in [-0.25, -0.2) is 0 Å². The summed E-state index contributed by atoms with van der Waals surface area (Å²) in [5, 5.41) is 12.0. The van der Waals surface area contributed by atoms with Crippen molar-refractivity contribution in [1.29, 1.82) is 0 Å². The van der Waals surface area contributed by atoms with E-state index in [4.69, 9.17) is 5.11 Å². The van der Waals surface area contributed by atoms with Crippen LogP contribution in [0.5, 0.6) is 0 Å². The van der Waals surface area contributed by atoms with Crippen LogP contribution in [0.15, 0.2) is 0 Å². The maximum absolute atomic E-state index is 8.84. The lowest BCUT2D eigenvalue weighted by Gasteiger charge is -1.95. The first-order chi connectivity index (χ1) is 3.29. The highest BCUT2D eigenvalue weighted by molar-refractivity contribution is 4.76. The van der Waals surface area contributed by atoms with Gasteiger partial charge in [-0.05, 0) is 13.3 Å². The third-order valence-corrected chi connectivity index (χ3v) is 1.33. The van der Waals surface area contributed by atoms with E-state index in [2.05, 4.69) is 12.2 Å². The van der Waals surface area contributed by atoms with E-state index in [0.717, 1.165) is 13.0 Å². The van der Waals surface area contributed by atoms with Gasteiger partial charge in [-0.3, -0.25) is 0 Å². The molecule has 0 unspecified atom stereocenters. The third-order valence-electron chi connectivity index (χ3n) is 1.33. The smallest absolute Gasteiger partial charge is 0.0679 e. The van der Waals surface area contributed by atoms with E-state index >= 15 is 0 Å². The summed E-state index contributed by atoms with van der Waals surface area (Å²) >= 11 is 0. The molecule has 1 aliphatic heterocycles. The minimum Gasteiger partial charge on any atom is -0.392 e. The summed E-state index contributed by atoms with van der Waals surface area (Å²) in [5.74, 6) is 0. The molecule has 0 aromatic heterocycles. The molecule has 1 aliphatic rings. The van der Waals surface area contributed by atoms with Crippen LogP contribution >= 0.6 is 0 Å². The molecule has 0 amide bonds. The summed E-state index contributed by atoms with van der Waals surface area (Å²) in [5.41, 5.74) is 0. The van der Waals surface area contributed by atoms with E-state index in [9.17, 15) is 0 Å². The van der Waals surface area contributed by atoms with Gasteiger partial charge in [-0.15, -0.1) is 0 Å². The number of hydrogen-bond donors (Lipinski definition) is 2. The van der Waals surface area contributed by atoms with Crippen molar-refractivity contribution in [3.63, 3.8) is 0 Å². The van der Waals surface area contributed by atoms with Crippen LogP contribution in [0.25, 0.3) is 0 Å². The van der Waals surface area contributed by atoms with Crippen LogP contribution in [0.3, 0.4) is 0 Å². The summed E-state index contributed by atoms with van der Waals surface area (Å²) in [6, 6.07) is 0.523. The molecule has 1 heterocycles. The molecule has 0 spiro atoms. The molecule has 0 aromatic rings. The first-order valence-corrected chi connectivity index (χ1v) is 2.70. The Bertz CT molecular complexity index is 57.1. The highest BCUT2D eigenvalue weighted by atomic mass is 16.3. The first kappa shape index (κ1) is 5.06. The molecule has 1 rings (SSSR count). The SMILES string of the molecule is C[C@@H]1C[C@@H](O)CN1. The topological polar surface area (TPSA) is 32.3 Å². The number of nitrogens with one attached hydrogen (secondary N) is 1. The van der Waals surface area contributed by atoms with Crippen molar-refractivity contribution in [2.75, 3.05) is 6.54 Å². The minimum absolute atomic E-state index is 0.0880. The van der Waals surface area contributed by atoms with E-state index in [1.165, 1.54) is 0 Å². The lowest BCUT2D eigenvalue weighted by Crippen LogP contribution is -2.17. The van der Waals surface area contributed by atoms with Gasteiger partial charge in [0.25, 0.3) is 0 Å². The minimum atomic E-state index is -0.0880. The fraction of sp³-hybridized carbons (Fsp3) is 1.00. The fourth-order valence-electron chi connectivity index (χ4n) is 0.912. The van der Waals surface area contributed by atoms with Gasteiger partial charge in [-0.2, -0.15) is 0 Å². The highest BCUT2D eigenvalue weighted by Gasteiger charge is 2.16. The maximum atomic E-state index is 8.84. The van der Waals surface area contributed by atoms with Gasteiger partial charge in [-0.1, -0.05) is 0 Å². The second-order valence-corrected chi connectivity index (χ2v) is 2.20. The summed E-state index contributed by atoms with van der Waals surface area (Å²) in [6.45, 7) is 2.86. The Labute approximate surface area is 43.5 Å². The van der Waals surface area contributed by atoms with Crippen molar-refractivity contribution in [2.24, 2.45) is 0 Å². The molecule has 2 heteroatoms. The summed E-state index contributed by atoms with van der Waals surface area (Å²) in [4.78, 5) is 0. The normalized spacial score (nSPS) is 42.0. The third kappa shape index (κ3) is 1.14. The molecule has 42 valence electrons. The Morgan fingerprint density at radius 3 is 2.57 bits per heavy atom. The number of aliphatic hydroxyl groups excluding tert-OH is 1. The van der Waals surface area contributed by atoms with Crippen LogP contribution in [0.2, 0.25) is 0 Å². The van der Waals surface area contributed by atoms with Crippen LogP contribution in [0.4, 0.5) is 0 Å². The summed E-state index contributed by atoms with van der Waals surface area (Å²) in [6.07, 6.45) is 0.829. The van der Waals surface area contributed by atoms with E-state index in [0.29, 0.717) is 6.04 Å². The summed E-state index contributed by atoms with van der Waals surface area (Å²) in [7, 11) is 0. The zero-order chi connectivity index (χ0) is 5.28. The van der Waals surface area contributed by atoms with Gasteiger partial charge < -0.3 is 10.4 Å².